The number of halogens is 1. The number of amides is 2. The largest absolute Gasteiger partial charge is 0.489 e. The molecule has 8 rings (SSSR count). The molecule has 3 heterocycles. The lowest BCUT2D eigenvalue weighted by molar-refractivity contribution is -0.385. The van der Waals surface area contributed by atoms with Crippen LogP contribution in [-0.2, 0) is 20.9 Å². The van der Waals surface area contributed by atoms with Crippen LogP contribution in [-0.4, -0.2) is 39.5 Å². The molecule has 3 fully saturated rings. The summed E-state index contributed by atoms with van der Waals surface area (Å²) in [4.78, 5) is 69.5. The summed E-state index contributed by atoms with van der Waals surface area (Å²) in [6.45, 7) is 2.12. The Morgan fingerprint density at radius 2 is 1.73 bits per heavy atom. The van der Waals surface area contributed by atoms with Gasteiger partial charge in [-0.15, -0.1) is 11.8 Å². The van der Waals surface area contributed by atoms with E-state index < -0.39 is 28.6 Å². The number of thiazole rings is 1. The number of rotatable bonds is 8. The Labute approximate surface area is 292 Å². The number of benzene rings is 3. The monoisotopic (exact) mass is 717 g/mol. The Morgan fingerprint density at radius 1 is 1.02 bits per heavy atom. The number of non-ortho nitro benzene ring substituents is 1. The number of nitro groups is 1. The van der Waals surface area contributed by atoms with Gasteiger partial charge in [0.25, 0.3) is 5.69 Å². The molecule has 5 unspecified atom stereocenters. The Bertz CT molecular complexity index is 2080. The summed E-state index contributed by atoms with van der Waals surface area (Å²) in [5, 5.41) is 13.2. The first kappa shape index (κ1) is 31.8. The number of thioether (sulfide) groups is 1. The number of fused-ring (bicyclic) bond motifs is 9. The molecule has 11 nitrogen and oxygen atoms in total. The van der Waals surface area contributed by atoms with Crippen molar-refractivity contribution in [2.24, 2.45) is 29.6 Å². The lowest BCUT2D eigenvalue weighted by atomic mass is 9.68. The van der Waals surface area contributed by atoms with Gasteiger partial charge < -0.3 is 14.5 Å². The minimum Gasteiger partial charge on any atom is -0.489 e. The van der Waals surface area contributed by atoms with Gasteiger partial charge in [-0.1, -0.05) is 35.1 Å². The normalized spacial score (nSPS) is 26.3. The number of nitrogens with zero attached hydrogens (tertiary/aromatic N) is 2. The standard InChI is InChI=1S/C35H28ClN3O8S2/c1-2-46-34(42)17-5-9-19(10-6-17)38-32(40)27-22-14-23(28(27)33(38)41)29-26(22)25(30-31(48-29)37-35(43)49-30)21-13-20(39(44)45)11-12-24(21)47-15-16-3-7-18(36)8-4-16/h3-13,22-23,25-29H,2,14-15H2,1H3,(H,37,43)/t22-,23-,25?,26?,27?,28?,29?/m1/s1. The predicted octanol–water partition coefficient (Wildman–Crippen LogP) is 6.43. The van der Waals surface area contributed by atoms with E-state index in [2.05, 4.69) is 4.98 Å². The van der Waals surface area contributed by atoms with Gasteiger partial charge in [-0.2, -0.15) is 0 Å². The Hall–Kier alpha value is -4.46. The van der Waals surface area contributed by atoms with Crippen LogP contribution in [0.3, 0.4) is 0 Å². The Morgan fingerprint density at radius 3 is 2.43 bits per heavy atom. The fourth-order valence-corrected chi connectivity index (χ4v) is 11.4. The molecular formula is C35H28ClN3O8S2. The number of aromatic nitrogens is 1. The third-order valence-electron chi connectivity index (χ3n) is 10.2. The van der Waals surface area contributed by atoms with Gasteiger partial charge in [-0.3, -0.25) is 29.4 Å². The van der Waals surface area contributed by atoms with E-state index in [-0.39, 0.29) is 58.6 Å². The van der Waals surface area contributed by atoms with Crippen molar-refractivity contribution in [1.29, 1.82) is 0 Å². The second kappa shape index (κ2) is 12.1. The molecule has 49 heavy (non-hydrogen) atoms. The molecule has 7 atom stereocenters. The zero-order chi connectivity index (χ0) is 34.1. The van der Waals surface area contributed by atoms with Gasteiger partial charge in [0.05, 0.1) is 39.6 Å². The van der Waals surface area contributed by atoms with Crippen LogP contribution < -0.4 is 14.5 Å². The highest BCUT2D eigenvalue weighted by molar-refractivity contribution is 8.00. The van der Waals surface area contributed by atoms with Gasteiger partial charge in [-0.05, 0) is 79.1 Å². The molecule has 2 aliphatic carbocycles. The number of anilines is 1. The van der Waals surface area contributed by atoms with Gasteiger partial charge in [0.1, 0.15) is 12.4 Å². The zero-order valence-corrected chi connectivity index (χ0v) is 28.3. The predicted molar refractivity (Wildman–Crippen MR) is 182 cm³/mol. The molecule has 2 aliphatic heterocycles. The Kier molecular flexibility index (Phi) is 7.88. The lowest BCUT2D eigenvalue weighted by Crippen LogP contribution is -2.42. The molecule has 1 aromatic heterocycles. The van der Waals surface area contributed by atoms with Crippen molar-refractivity contribution >= 4 is 63.9 Å². The van der Waals surface area contributed by atoms with Crippen LogP contribution in [0.1, 0.15) is 45.6 Å². The van der Waals surface area contributed by atoms with Crippen molar-refractivity contribution in [3.63, 3.8) is 0 Å². The Balaban J connectivity index is 1.17. The molecule has 250 valence electrons. The van der Waals surface area contributed by atoms with E-state index in [1.54, 1.807) is 49.4 Å². The van der Waals surface area contributed by atoms with Crippen molar-refractivity contribution in [2.75, 3.05) is 11.5 Å². The molecule has 2 amide bonds. The summed E-state index contributed by atoms with van der Waals surface area (Å²) in [5.41, 5.74) is 2.03. The zero-order valence-electron chi connectivity index (χ0n) is 25.9. The SMILES string of the molecule is CCOC(=O)c1ccc(N2C(=O)C3C(C2=O)[C@@H]2C[C@H]3C3Sc4[nH]c(=O)sc4C(c4cc([N+](=O)[O-])ccc4OCc4ccc(Cl)cc4)C32)cc1. The molecule has 4 aliphatic rings. The van der Waals surface area contributed by atoms with Gasteiger partial charge in [0.2, 0.25) is 11.8 Å². The maximum atomic E-state index is 14.2. The number of aromatic amines is 1. The number of hydrogen-bond acceptors (Lipinski definition) is 10. The summed E-state index contributed by atoms with van der Waals surface area (Å²) in [6, 6.07) is 18.0. The number of nitro benzene ring substituents is 1. The molecule has 2 bridgehead atoms. The van der Waals surface area contributed by atoms with Crippen LogP contribution >= 0.6 is 34.7 Å². The van der Waals surface area contributed by atoms with Crippen molar-refractivity contribution < 1.29 is 28.8 Å². The average molecular weight is 718 g/mol. The number of imide groups is 1. The molecule has 14 heteroatoms. The molecule has 1 N–H and O–H groups in total. The second-order valence-corrected chi connectivity index (χ2v) is 15.3. The van der Waals surface area contributed by atoms with Gasteiger partial charge in [-0.25, -0.2) is 4.79 Å². The third-order valence-corrected chi connectivity index (χ3v) is 13.0. The van der Waals surface area contributed by atoms with Gasteiger partial charge in [0, 0.05) is 38.8 Å². The minimum atomic E-state index is -0.582. The first-order valence-corrected chi connectivity index (χ1v) is 17.9. The number of esters is 1. The molecule has 1 saturated heterocycles. The molecule has 2 saturated carbocycles. The number of ether oxygens (including phenoxy) is 2. The number of hydrogen-bond donors (Lipinski definition) is 1. The fraction of sp³-hybridized carbons (Fsp3) is 0.314. The smallest absolute Gasteiger partial charge is 0.338 e. The van der Waals surface area contributed by atoms with E-state index in [1.165, 1.54) is 28.8 Å². The minimum absolute atomic E-state index is 0.112. The highest BCUT2D eigenvalue weighted by Crippen LogP contribution is 2.69. The van der Waals surface area contributed by atoms with E-state index in [1.807, 2.05) is 12.1 Å². The third kappa shape index (κ3) is 5.17. The van der Waals surface area contributed by atoms with Crippen LogP contribution in [0, 0.1) is 39.7 Å². The first-order valence-electron chi connectivity index (χ1n) is 15.8. The van der Waals surface area contributed by atoms with E-state index in [0.717, 1.165) is 21.8 Å². The van der Waals surface area contributed by atoms with E-state index in [9.17, 15) is 29.3 Å². The number of carbonyl (C=O) groups excluding carboxylic acids is 3. The van der Waals surface area contributed by atoms with Crippen molar-refractivity contribution in [1.82, 2.24) is 4.98 Å². The maximum absolute atomic E-state index is 14.2. The molecular weight excluding hydrogens is 690 g/mol. The first-order chi connectivity index (χ1) is 23.6. The van der Waals surface area contributed by atoms with Gasteiger partial charge in [0.15, 0.2) is 0 Å². The van der Waals surface area contributed by atoms with E-state index in [0.29, 0.717) is 39.0 Å². The quantitative estimate of drug-likeness (QED) is 0.0942. The summed E-state index contributed by atoms with van der Waals surface area (Å²) in [6.07, 6.45) is 0.649. The average Bonchev–Trinajstić information content (AvgIpc) is 3.83. The highest BCUT2D eigenvalue weighted by Gasteiger charge is 2.70. The number of H-pyrrole nitrogens is 1. The van der Waals surface area contributed by atoms with Crippen LogP contribution in [0.4, 0.5) is 11.4 Å². The lowest BCUT2D eigenvalue weighted by Gasteiger charge is -2.43. The summed E-state index contributed by atoms with van der Waals surface area (Å²) in [5.74, 6) is -2.77. The van der Waals surface area contributed by atoms with Crippen molar-refractivity contribution in [3.8, 4) is 5.75 Å². The number of carbonyl (C=O) groups is 3. The highest BCUT2D eigenvalue weighted by atomic mass is 35.5. The second-order valence-electron chi connectivity index (χ2n) is 12.6. The van der Waals surface area contributed by atoms with Crippen LogP contribution in [0.2, 0.25) is 5.02 Å². The fourth-order valence-electron chi connectivity index (χ4n) is 8.35. The summed E-state index contributed by atoms with van der Waals surface area (Å²) < 4.78 is 11.4. The summed E-state index contributed by atoms with van der Waals surface area (Å²) >= 11 is 8.66. The molecule has 0 radical (unpaired) electrons. The van der Waals surface area contributed by atoms with Crippen molar-refractivity contribution in [3.05, 3.63) is 113 Å². The van der Waals surface area contributed by atoms with Crippen LogP contribution in [0.5, 0.6) is 5.75 Å². The van der Waals surface area contributed by atoms with Gasteiger partial charge >= 0.3 is 10.8 Å². The van der Waals surface area contributed by atoms with E-state index >= 15 is 0 Å². The van der Waals surface area contributed by atoms with Crippen LogP contribution in [0.15, 0.2) is 76.6 Å². The van der Waals surface area contributed by atoms with Crippen molar-refractivity contribution in [2.45, 2.75) is 36.1 Å². The molecule has 0 spiro atoms. The topological polar surface area (TPSA) is 149 Å². The van der Waals surface area contributed by atoms with Crippen LogP contribution in [0.25, 0.3) is 0 Å². The molecule has 3 aromatic carbocycles. The maximum Gasteiger partial charge on any atom is 0.338 e. The summed E-state index contributed by atoms with van der Waals surface area (Å²) in [7, 11) is 0. The van der Waals surface area contributed by atoms with E-state index in [4.69, 9.17) is 21.1 Å². The number of nitrogens with one attached hydrogen (secondary N) is 1. The molecule has 4 aromatic rings.